The zero-order valence-electron chi connectivity index (χ0n) is 15.1. The summed E-state index contributed by atoms with van der Waals surface area (Å²) in [5.74, 6) is -0.518. The molecule has 0 aliphatic heterocycles. The van der Waals surface area contributed by atoms with Gasteiger partial charge in [-0.1, -0.05) is 18.2 Å². The van der Waals surface area contributed by atoms with Crippen molar-refractivity contribution in [2.45, 2.75) is 5.75 Å². The van der Waals surface area contributed by atoms with Crippen LogP contribution in [0.5, 0.6) is 0 Å². The third-order valence-corrected chi connectivity index (χ3v) is 4.52. The van der Waals surface area contributed by atoms with Crippen molar-refractivity contribution in [1.29, 1.82) is 0 Å². The van der Waals surface area contributed by atoms with Crippen LogP contribution >= 0.6 is 11.8 Å². The van der Waals surface area contributed by atoms with E-state index >= 15 is 0 Å². The number of anilines is 2. The SMILES string of the molecule is CSCc1ccc(C(=O)Nc2cc(F)ccc2NC(=O)c2ccccn2)cc1. The van der Waals surface area contributed by atoms with Gasteiger partial charge in [-0.15, -0.1) is 0 Å². The maximum Gasteiger partial charge on any atom is 0.274 e. The van der Waals surface area contributed by atoms with Gasteiger partial charge in [0.15, 0.2) is 0 Å². The number of carbonyl (C=O) groups is 2. The molecule has 3 rings (SSSR count). The minimum Gasteiger partial charge on any atom is -0.320 e. The highest BCUT2D eigenvalue weighted by molar-refractivity contribution is 7.97. The number of hydrogen-bond donors (Lipinski definition) is 2. The predicted molar refractivity (Wildman–Crippen MR) is 110 cm³/mol. The van der Waals surface area contributed by atoms with E-state index in [1.165, 1.54) is 18.3 Å². The first-order chi connectivity index (χ1) is 13.6. The van der Waals surface area contributed by atoms with Gasteiger partial charge in [0.25, 0.3) is 11.8 Å². The average molecular weight is 395 g/mol. The smallest absolute Gasteiger partial charge is 0.274 e. The van der Waals surface area contributed by atoms with Gasteiger partial charge in [0, 0.05) is 17.5 Å². The van der Waals surface area contributed by atoms with E-state index in [0.717, 1.165) is 17.4 Å². The summed E-state index contributed by atoms with van der Waals surface area (Å²) in [4.78, 5) is 28.8. The molecular formula is C21H18FN3O2S. The second-order valence-corrected chi connectivity index (χ2v) is 6.81. The Labute approximate surface area is 166 Å². The second-order valence-electron chi connectivity index (χ2n) is 5.94. The molecule has 0 aliphatic rings. The highest BCUT2D eigenvalue weighted by Crippen LogP contribution is 2.24. The van der Waals surface area contributed by atoms with Gasteiger partial charge in [0.1, 0.15) is 11.5 Å². The summed E-state index contributed by atoms with van der Waals surface area (Å²) in [7, 11) is 0. The second kappa shape index (κ2) is 9.14. The van der Waals surface area contributed by atoms with Crippen molar-refractivity contribution in [2.24, 2.45) is 0 Å². The summed E-state index contributed by atoms with van der Waals surface area (Å²) >= 11 is 1.69. The molecule has 2 amide bonds. The van der Waals surface area contributed by atoms with Crippen LogP contribution in [0.4, 0.5) is 15.8 Å². The molecule has 1 aromatic heterocycles. The number of hydrogen-bond acceptors (Lipinski definition) is 4. The lowest BCUT2D eigenvalue weighted by atomic mass is 10.1. The summed E-state index contributed by atoms with van der Waals surface area (Å²) in [6.07, 6.45) is 3.51. The van der Waals surface area contributed by atoms with Crippen molar-refractivity contribution in [2.75, 3.05) is 16.9 Å². The number of benzene rings is 2. The predicted octanol–water partition coefficient (Wildman–Crippen LogP) is 4.59. The summed E-state index contributed by atoms with van der Waals surface area (Å²) < 4.78 is 13.7. The van der Waals surface area contributed by atoms with Crippen molar-refractivity contribution < 1.29 is 14.0 Å². The van der Waals surface area contributed by atoms with E-state index in [-0.39, 0.29) is 17.1 Å². The molecule has 5 nitrogen and oxygen atoms in total. The van der Waals surface area contributed by atoms with E-state index in [4.69, 9.17) is 0 Å². The molecule has 2 aromatic carbocycles. The first-order valence-corrected chi connectivity index (χ1v) is 9.87. The lowest BCUT2D eigenvalue weighted by Gasteiger charge is -2.13. The lowest BCUT2D eigenvalue weighted by Crippen LogP contribution is -2.17. The number of amides is 2. The Hall–Kier alpha value is -3.19. The number of aromatic nitrogens is 1. The number of pyridine rings is 1. The van der Waals surface area contributed by atoms with Gasteiger partial charge in [-0.05, 0) is 54.3 Å². The van der Waals surface area contributed by atoms with E-state index in [0.29, 0.717) is 5.56 Å². The molecule has 0 saturated heterocycles. The number of nitrogens with zero attached hydrogens (tertiary/aromatic N) is 1. The van der Waals surface area contributed by atoms with Gasteiger partial charge in [0.05, 0.1) is 11.4 Å². The fourth-order valence-electron chi connectivity index (χ4n) is 2.53. The molecule has 0 spiro atoms. The number of thioether (sulfide) groups is 1. The number of carbonyl (C=O) groups excluding carboxylic acids is 2. The van der Waals surface area contributed by atoms with Gasteiger partial charge >= 0.3 is 0 Å². The molecule has 0 fully saturated rings. The number of rotatable bonds is 6. The third-order valence-electron chi connectivity index (χ3n) is 3.90. The van der Waals surface area contributed by atoms with Gasteiger partial charge in [0.2, 0.25) is 0 Å². The summed E-state index contributed by atoms with van der Waals surface area (Å²) in [6.45, 7) is 0. The molecule has 0 unspecified atom stereocenters. The summed E-state index contributed by atoms with van der Waals surface area (Å²) in [5, 5.41) is 5.31. The fourth-order valence-corrected chi connectivity index (χ4v) is 3.05. The summed E-state index contributed by atoms with van der Waals surface area (Å²) in [6, 6.07) is 15.9. The zero-order valence-corrected chi connectivity index (χ0v) is 15.9. The highest BCUT2D eigenvalue weighted by atomic mass is 32.2. The molecular weight excluding hydrogens is 377 g/mol. The third kappa shape index (κ3) is 4.95. The van der Waals surface area contributed by atoms with Crippen LogP contribution in [-0.2, 0) is 5.75 Å². The van der Waals surface area contributed by atoms with E-state index in [9.17, 15) is 14.0 Å². The Bertz CT molecular complexity index is 979. The molecule has 3 aromatic rings. The average Bonchev–Trinajstić information content (AvgIpc) is 2.71. The van der Waals surface area contributed by atoms with E-state index < -0.39 is 17.6 Å². The van der Waals surface area contributed by atoms with Crippen molar-refractivity contribution in [1.82, 2.24) is 4.98 Å². The normalized spacial score (nSPS) is 10.4. The van der Waals surface area contributed by atoms with Crippen molar-refractivity contribution in [3.05, 3.63) is 89.5 Å². The first kappa shape index (κ1) is 19.6. The van der Waals surface area contributed by atoms with Crippen LogP contribution in [0.2, 0.25) is 0 Å². The van der Waals surface area contributed by atoms with Gasteiger partial charge in [-0.25, -0.2) is 4.39 Å². The van der Waals surface area contributed by atoms with Gasteiger partial charge in [-0.3, -0.25) is 14.6 Å². The number of halogens is 1. The molecule has 0 aliphatic carbocycles. The lowest BCUT2D eigenvalue weighted by molar-refractivity contribution is 0.101. The van der Waals surface area contributed by atoms with Gasteiger partial charge in [-0.2, -0.15) is 11.8 Å². The Balaban J connectivity index is 1.78. The maximum atomic E-state index is 13.7. The van der Waals surface area contributed by atoms with Crippen LogP contribution in [0, 0.1) is 5.82 Å². The molecule has 28 heavy (non-hydrogen) atoms. The molecule has 1 heterocycles. The Kier molecular flexibility index (Phi) is 6.39. The van der Waals surface area contributed by atoms with Crippen LogP contribution in [-0.4, -0.2) is 23.1 Å². The van der Waals surface area contributed by atoms with Gasteiger partial charge < -0.3 is 10.6 Å². The quantitative estimate of drug-likeness (QED) is 0.640. The van der Waals surface area contributed by atoms with E-state index in [1.54, 1.807) is 42.1 Å². The Morgan fingerprint density at radius 2 is 1.71 bits per heavy atom. The van der Waals surface area contributed by atoms with Crippen molar-refractivity contribution in [3.63, 3.8) is 0 Å². The maximum absolute atomic E-state index is 13.7. The van der Waals surface area contributed by atoms with Crippen LogP contribution in [0.3, 0.4) is 0 Å². The summed E-state index contributed by atoms with van der Waals surface area (Å²) in [5.41, 5.74) is 2.22. The number of nitrogens with one attached hydrogen (secondary N) is 2. The topological polar surface area (TPSA) is 71.1 Å². The standard InChI is InChI=1S/C21H18FN3O2S/c1-28-13-14-5-7-15(8-6-14)20(26)25-19-12-16(22)9-10-17(19)24-21(27)18-4-2-3-11-23-18/h2-12H,13H2,1H3,(H,24,27)(H,25,26). The van der Waals surface area contributed by atoms with E-state index in [2.05, 4.69) is 15.6 Å². The van der Waals surface area contributed by atoms with Crippen LogP contribution in [0.15, 0.2) is 66.9 Å². The van der Waals surface area contributed by atoms with Crippen molar-refractivity contribution in [3.8, 4) is 0 Å². The fraction of sp³-hybridized carbons (Fsp3) is 0.0952. The Morgan fingerprint density at radius 3 is 2.39 bits per heavy atom. The molecule has 7 heteroatoms. The minimum absolute atomic E-state index is 0.169. The molecule has 0 bridgehead atoms. The molecule has 0 atom stereocenters. The largest absolute Gasteiger partial charge is 0.320 e. The monoisotopic (exact) mass is 395 g/mol. The van der Waals surface area contributed by atoms with Crippen LogP contribution in [0.1, 0.15) is 26.4 Å². The minimum atomic E-state index is -0.526. The van der Waals surface area contributed by atoms with Crippen LogP contribution in [0.25, 0.3) is 0 Å². The molecule has 0 radical (unpaired) electrons. The van der Waals surface area contributed by atoms with Crippen molar-refractivity contribution >= 4 is 35.0 Å². The Morgan fingerprint density at radius 1 is 0.964 bits per heavy atom. The molecule has 2 N–H and O–H groups in total. The van der Waals surface area contributed by atoms with Crippen LogP contribution < -0.4 is 10.6 Å². The first-order valence-electron chi connectivity index (χ1n) is 8.48. The highest BCUT2D eigenvalue weighted by Gasteiger charge is 2.14. The zero-order chi connectivity index (χ0) is 19.9. The molecule has 0 saturated carbocycles. The molecule has 142 valence electrons. The van der Waals surface area contributed by atoms with E-state index in [1.807, 2.05) is 18.4 Å².